The van der Waals surface area contributed by atoms with Crippen LogP contribution in [0.15, 0.2) is 24.3 Å². The Balaban J connectivity index is 3.24. The van der Waals surface area contributed by atoms with Crippen molar-refractivity contribution in [1.29, 1.82) is 5.26 Å². The van der Waals surface area contributed by atoms with Crippen LogP contribution in [0.5, 0.6) is 0 Å². The van der Waals surface area contributed by atoms with Gasteiger partial charge in [0.15, 0.2) is 0 Å². The predicted molar refractivity (Wildman–Crippen MR) is 59.0 cm³/mol. The van der Waals surface area contributed by atoms with Crippen molar-refractivity contribution in [3.8, 4) is 6.07 Å². The minimum absolute atomic E-state index is 0.0171. The lowest BCUT2D eigenvalue weighted by molar-refractivity contribution is 0.595. The quantitative estimate of drug-likeness (QED) is 0.778. The molecule has 0 radical (unpaired) electrons. The minimum atomic E-state index is -3.30. The van der Waals surface area contributed by atoms with Crippen molar-refractivity contribution in [2.24, 2.45) is 0 Å². The van der Waals surface area contributed by atoms with Gasteiger partial charge in [-0.3, -0.25) is 4.31 Å². The SMILES string of the molecule is CCS(=O)(=O)N(C)c1ccccc1C#N. The Morgan fingerprint density at radius 3 is 2.53 bits per heavy atom. The summed E-state index contributed by atoms with van der Waals surface area (Å²) in [6, 6.07) is 8.59. The maximum absolute atomic E-state index is 11.6. The van der Waals surface area contributed by atoms with Gasteiger partial charge < -0.3 is 0 Å². The van der Waals surface area contributed by atoms with Gasteiger partial charge in [0.1, 0.15) is 6.07 Å². The summed E-state index contributed by atoms with van der Waals surface area (Å²) in [5.74, 6) is 0.0171. The smallest absolute Gasteiger partial charge is 0.234 e. The van der Waals surface area contributed by atoms with E-state index < -0.39 is 10.0 Å². The van der Waals surface area contributed by atoms with Gasteiger partial charge in [-0.1, -0.05) is 12.1 Å². The minimum Gasteiger partial charge on any atom is -0.272 e. The molecule has 0 fully saturated rings. The summed E-state index contributed by atoms with van der Waals surface area (Å²) < 4.78 is 24.3. The van der Waals surface area contributed by atoms with Crippen LogP contribution in [0, 0.1) is 11.3 Å². The monoisotopic (exact) mass is 224 g/mol. The second-order valence-electron chi connectivity index (χ2n) is 3.00. The maximum atomic E-state index is 11.6. The van der Waals surface area contributed by atoms with Crippen LogP contribution < -0.4 is 4.31 Å². The first kappa shape index (κ1) is 11.5. The number of nitriles is 1. The van der Waals surface area contributed by atoms with Crippen molar-refractivity contribution in [3.63, 3.8) is 0 Å². The zero-order chi connectivity index (χ0) is 11.5. The van der Waals surface area contributed by atoms with E-state index in [1.807, 2.05) is 6.07 Å². The van der Waals surface area contributed by atoms with Crippen molar-refractivity contribution in [1.82, 2.24) is 0 Å². The number of nitrogens with zero attached hydrogens (tertiary/aromatic N) is 2. The summed E-state index contributed by atoms with van der Waals surface area (Å²) >= 11 is 0. The normalized spacial score (nSPS) is 10.7. The highest BCUT2D eigenvalue weighted by molar-refractivity contribution is 7.92. The fourth-order valence-electron chi connectivity index (χ4n) is 1.19. The number of hydrogen-bond donors (Lipinski definition) is 0. The predicted octanol–water partition coefficient (Wildman–Crippen LogP) is 1.34. The van der Waals surface area contributed by atoms with Gasteiger partial charge in [0.25, 0.3) is 0 Å². The van der Waals surface area contributed by atoms with Crippen LogP contribution in [0.3, 0.4) is 0 Å². The molecule has 0 amide bonds. The van der Waals surface area contributed by atoms with Crippen LogP contribution in [0.2, 0.25) is 0 Å². The molecule has 0 bridgehead atoms. The molecule has 0 aliphatic carbocycles. The van der Waals surface area contributed by atoms with E-state index in [9.17, 15) is 8.42 Å². The molecule has 5 heteroatoms. The first-order valence-corrected chi connectivity index (χ1v) is 6.09. The Morgan fingerprint density at radius 2 is 2.00 bits per heavy atom. The van der Waals surface area contributed by atoms with E-state index in [4.69, 9.17) is 5.26 Å². The molecule has 0 unspecified atom stereocenters. The van der Waals surface area contributed by atoms with Crippen molar-refractivity contribution < 1.29 is 8.42 Å². The second kappa shape index (κ2) is 4.32. The molecule has 0 heterocycles. The van der Waals surface area contributed by atoms with Gasteiger partial charge >= 0.3 is 0 Å². The van der Waals surface area contributed by atoms with Gasteiger partial charge in [-0.25, -0.2) is 8.42 Å². The molecular formula is C10H12N2O2S. The molecule has 0 saturated carbocycles. The molecule has 0 N–H and O–H groups in total. The third-order valence-corrected chi connectivity index (χ3v) is 3.91. The van der Waals surface area contributed by atoms with Gasteiger partial charge in [0.05, 0.1) is 17.0 Å². The summed E-state index contributed by atoms with van der Waals surface area (Å²) in [4.78, 5) is 0. The number of sulfonamides is 1. The number of rotatable bonds is 3. The summed E-state index contributed by atoms with van der Waals surface area (Å²) in [5.41, 5.74) is 0.777. The Labute approximate surface area is 89.8 Å². The van der Waals surface area contributed by atoms with Crippen molar-refractivity contribution in [2.75, 3.05) is 17.1 Å². The van der Waals surface area contributed by atoms with E-state index in [0.717, 1.165) is 4.31 Å². The van der Waals surface area contributed by atoms with Gasteiger partial charge in [-0.2, -0.15) is 5.26 Å². The van der Waals surface area contributed by atoms with Crippen LogP contribution >= 0.6 is 0 Å². The van der Waals surface area contributed by atoms with Crippen molar-refractivity contribution in [2.45, 2.75) is 6.92 Å². The molecule has 0 saturated heterocycles. The molecule has 1 aromatic rings. The highest BCUT2D eigenvalue weighted by Gasteiger charge is 2.17. The van der Waals surface area contributed by atoms with E-state index in [1.54, 1.807) is 31.2 Å². The topological polar surface area (TPSA) is 61.2 Å². The molecule has 1 aromatic carbocycles. The lowest BCUT2D eigenvalue weighted by Gasteiger charge is -2.19. The van der Waals surface area contributed by atoms with Crippen molar-refractivity contribution >= 4 is 15.7 Å². The molecule has 0 aliphatic rings. The fraction of sp³-hybridized carbons (Fsp3) is 0.300. The van der Waals surface area contributed by atoms with E-state index in [-0.39, 0.29) is 5.75 Å². The first-order valence-electron chi connectivity index (χ1n) is 4.48. The summed E-state index contributed by atoms with van der Waals surface area (Å²) in [5, 5.41) is 8.83. The van der Waals surface area contributed by atoms with Gasteiger partial charge in [-0.15, -0.1) is 0 Å². The van der Waals surface area contributed by atoms with Crippen LogP contribution in [-0.4, -0.2) is 21.2 Å². The Morgan fingerprint density at radius 1 is 1.40 bits per heavy atom. The first-order chi connectivity index (χ1) is 7.03. The summed E-state index contributed by atoms with van der Waals surface area (Å²) in [6.07, 6.45) is 0. The van der Waals surface area contributed by atoms with Crippen LogP contribution in [0.1, 0.15) is 12.5 Å². The third kappa shape index (κ3) is 2.28. The summed E-state index contributed by atoms with van der Waals surface area (Å²) in [7, 11) is -1.85. The van der Waals surface area contributed by atoms with E-state index >= 15 is 0 Å². The third-order valence-electron chi connectivity index (χ3n) is 2.15. The van der Waals surface area contributed by atoms with Crippen LogP contribution in [0.25, 0.3) is 0 Å². The number of para-hydroxylation sites is 1. The molecule has 4 nitrogen and oxygen atoms in total. The molecule has 80 valence electrons. The number of anilines is 1. The molecule has 0 atom stereocenters. The largest absolute Gasteiger partial charge is 0.272 e. The second-order valence-corrected chi connectivity index (χ2v) is 5.29. The Kier molecular flexibility index (Phi) is 3.32. The molecule has 1 rings (SSSR count). The summed E-state index contributed by atoms with van der Waals surface area (Å²) in [6.45, 7) is 1.57. The van der Waals surface area contributed by atoms with Gasteiger partial charge in [0.2, 0.25) is 10.0 Å². The van der Waals surface area contributed by atoms with Gasteiger partial charge in [-0.05, 0) is 19.1 Å². The lowest BCUT2D eigenvalue weighted by Crippen LogP contribution is -2.28. The van der Waals surface area contributed by atoms with E-state index in [1.165, 1.54) is 7.05 Å². The standard InChI is InChI=1S/C10H12N2O2S/c1-3-15(13,14)12(2)10-7-5-4-6-9(10)8-11/h4-7H,3H2,1-2H3. The lowest BCUT2D eigenvalue weighted by atomic mass is 10.2. The molecule has 0 spiro atoms. The van der Waals surface area contributed by atoms with Crippen LogP contribution in [-0.2, 0) is 10.0 Å². The maximum Gasteiger partial charge on any atom is 0.234 e. The van der Waals surface area contributed by atoms with Crippen LogP contribution in [0.4, 0.5) is 5.69 Å². The number of hydrogen-bond acceptors (Lipinski definition) is 3. The Bertz CT molecular complexity index is 488. The fourth-order valence-corrected chi connectivity index (χ4v) is 2.03. The average molecular weight is 224 g/mol. The van der Waals surface area contributed by atoms with E-state index in [0.29, 0.717) is 11.3 Å². The average Bonchev–Trinajstić information content (AvgIpc) is 2.28. The number of benzene rings is 1. The van der Waals surface area contributed by atoms with Gasteiger partial charge in [0, 0.05) is 7.05 Å². The Hall–Kier alpha value is -1.54. The highest BCUT2D eigenvalue weighted by Crippen LogP contribution is 2.20. The molecule has 0 aromatic heterocycles. The van der Waals surface area contributed by atoms with Crippen molar-refractivity contribution in [3.05, 3.63) is 29.8 Å². The van der Waals surface area contributed by atoms with E-state index in [2.05, 4.69) is 0 Å². The molecule has 15 heavy (non-hydrogen) atoms. The highest BCUT2D eigenvalue weighted by atomic mass is 32.2. The molecular weight excluding hydrogens is 212 g/mol. The zero-order valence-electron chi connectivity index (χ0n) is 8.64. The molecule has 0 aliphatic heterocycles. The zero-order valence-corrected chi connectivity index (χ0v) is 9.45.